The summed E-state index contributed by atoms with van der Waals surface area (Å²) in [5.74, 6) is 0.322. The quantitative estimate of drug-likeness (QED) is 0.870. The molecule has 1 heterocycles. The highest BCUT2D eigenvalue weighted by Crippen LogP contribution is 2.26. The standard InChI is InChI=1S/C13H14N2O2/c1-8-6-9(7-12(14)16)15-13-10(8)4-3-5-11(13)17-2/h3-6H,7H2,1-2H3,(H2,14,16). The molecule has 0 spiro atoms. The Morgan fingerprint density at radius 3 is 2.88 bits per heavy atom. The lowest BCUT2D eigenvalue weighted by molar-refractivity contribution is -0.117. The number of nitrogens with two attached hydrogens (primary N) is 1. The zero-order valence-electron chi connectivity index (χ0n) is 9.86. The summed E-state index contributed by atoms with van der Waals surface area (Å²) < 4.78 is 5.26. The Kier molecular flexibility index (Phi) is 2.95. The molecule has 1 aromatic heterocycles. The molecule has 0 fully saturated rings. The predicted molar refractivity (Wildman–Crippen MR) is 65.9 cm³/mol. The molecule has 0 saturated carbocycles. The summed E-state index contributed by atoms with van der Waals surface area (Å²) in [5, 5.41) is 1.03. The fourth-order valence-electron chi connectivity index (χ4n) is 1.89. The molecule has 4 heteroatoms. The molecule has 2 rings (SSSR count). The molecule has 0 aliphatic heterocycles. The van der Waals surface area contributed by atoms with Crippen LogP contribution in [0.1, 0.15) is 11.3 Å². The smallest absolute Gasteiger partial charge is 0.223 e. The van der Waals surface area contributed by atoms with Gasteiger partial charge in [0.05, 0.1) is 19.2 Å². The van der Waals surface area contributed by atoms with Gasteiger partial charge in [-0.15, -0.1) is 0 Å². The summed E-state index contributed by atoms with van der Waals surface area (Å²) in [7, 11) is 1.60. The van der Waals surface area contributed by atoms with Gasteiger partial charge < -0.3 is 10.5 Å². The molecule has 17 heavy (non-hydrogen) atoms. The summed E-state index contributed by atoms with van der Waals surface area (Å²) >= 11 is 0. The number of carbonyl (C=O) groups excluding carboxylic acids is 1. The van der Waals surface area contributed by atoms with Crippen molar-refractivity contribution >= 4 is 16.8 Å². The van der Waals surface area contributed by atoms with Crippen LogP contribution in [0, 0.1) is 6.92 Å². The van der Waals surface area contributed by atoms with Gasteiger partial charge >= 0.3 is 0 Å². The molecule has 0 saturated heterocycles. The number of aryl methyl sites for hydroxylation is 1. The zero-order valence-corrected chi connectivity index (χ0v) is 9.86. The summed E-state index contributed by atoms with van der Waals surface area (Å²) in [4.78, 5) is 15.3. The topological polar surface area (TPSA) is 65.2 Å². The lowest BCUT2D eigenvalue weighted by Gasteiger charge is -2.08. The van der Waals surface area contributed by atoms with E-state index in [4.69, 9.17) is 10.5 Å². The van der Waals surface area contributed by atoms with Crippen molar-refractivity contribution in [2.75, 3.05) is 7.11 Å². The van der Waals surface area contributed by atoms with E-state index < -0.39 is 0 Å². The van der Waals surface area contributed by atoms with Gasteiger partial charge in [-0.3, -0.25) is 4.79 Å². The van der Waals surface area contributed by atoms with Crippen LogP contribution in [0.2, 0.25) is 0 Å². The van der Waals surface area contributed by atoms with E-state index in [1.807, 2.05) is 31.2 Å². The third-order valence-corrected chi connectivity index (χ3v) is 2.64. The van der Waals surface area contributed by atoms with Gasteiger partial charge in [0.2, 0.25) is 5.91 Å². The molecule has 1 amide bonds. The Bertz CT molecular complexity index is 579. The van der Waals surface area contributed by atoms with Crippen LogP contribution in [-0.4, -0.2) is 18.0 Å². The molecule has 0 atom stereocenters. The number of aromatic nitrogens is 1. The van der Waals surface area contributed by atoms with Crippen LogP contribution >= 0.6 is 0 Å². The highest BCUT2D eigenvalue weighted by molar-refractivity contribution is 5.88. The molecule has 0 aliphatic rings. The van der Waals surface area contributed by atoms with Crippen molar-refractivity contribution in [3.8, 4) is 5.75 Å². The zero-order chi connectivity index (χ0) is 12.4. The monoisotopic (exact) mass is 230 g/mol. The van der Waals surface area contributed by atoms with E-state index >= 15 is 0 Å². The number of hydrogen-bond donors (Lipinski definition) is 1. The molecule has 2 N–H and O–H groups in total. The lowest BCUT2D eigenvalue weighted by Crippen LogP contribution is -2.14. The highest BCUT2D eigenvalue weighted by Gasteiger charge is 2.08. The SMILES string of the molecule is COc1cccc2c(C)cc(CC(N)=O)nc12. The first kappa shape index (κ1) is 11.4. The van der Waals surface area contributed by atoms with Crippen molar-refractivity contribution in [1.29, 1.82) is 0 Å². The first-order chi connectivity index (χ1) is 8.11. The number of hydrogen-bond acceptors (Lipinski definition) is 3. The van der Waals surface area contributed by atoms with E-state index in [1.165, 1.54) is 0 Å². The van der Waals surface area contributed by atoms with Crippen LogP contribution in [0.25, 0.3) is 10.9 Å². The second kappa shape index (κ2) is 4.41. The normalized spacial score (nSPS) is 10.5. The van der Waals surface area contributed by atoms with E-state index in [0.29, 0.717) is 11.4 Å². The van der Waals surface area contributed by atoms with Gasteiger partial charge in [-0.05, 0) is 24.6 Å². The van der Waals surface area contributed by atoms with E-state index in [2.05, 4.69) is 4.98 Å². The third kappa shape index (κ3) is 2.20. The Morgan fingerprint density at radius 1 is 1.47 bits per heavy atom. The van der Waals surface area contributed by atoms with E-state index in [0.717, 1.165) is 16.5 Å². The van der Waals surface area contributed by atoms with Gasteiger partial charge in [0.15, 0.2) is 0 Å². The number of rotatable bonds is 3. The Morgan fingerprint density at radius 2 is 2.24 bits per heavy atom. The minimum absolute atomic E-state index is 0.148. The second-order valence-electron chi connectivity index (χ2n) is 3.93. The molecule has 0 unspecified atom stereocenters. The van der Waals surface area contributed by atoms with Gasteiger partial charge in [-0.1, -0.05) is 12.1 Å². The predicted octanol–water partition coefficient (Wildman–Crippen LogP) is 1.58. The lowest BCUT2D eigenvalue weighted by atomic mass is 10.1. The minimum Gasteiger partial charge on any atom is -0.494 e. The molecule has 1 aromatic carbocycles. The number of primary amides is 1. The maximum atomic E-state index is 10.9. The van der Waals surface area contributed by atoms with Crippen molar-refractivity contribution in [3.63, 3.8) is 0 Å². The summed E-state index contributed by atoms with van der Waals surface area (Å²) in [6, 6.07) is 7.63. The van der Waals surface area contributed by atoms with Gasteiger partial charge in [0, 0.05) is 5.39 Å². The van der Waals surface area contributed by atoms with Crippen LogP contribution < -0.4 is 10.5 Å². The number of para-hydroxylation sites is 1. The number of nitrogens with zero attached hydrogens (tertiary/aromatic N) is 1. The molecule has 2 aromatic rings. The van der Waals surface area contributed by atoms with Gasteiger partial charge in [-0.2, -0.15) is 0 Å². The highest BCUT2D eigenvalue weighted by atomic mass is 16.5. The molecular weight excluding hydrogens is 216 g/mol. The summed E-state index contributed by atoms with van der Waals surface area (Å²) in [6.07, 6.45) is 0.148. The van der Waals surface area contributed by atoms with E-state index in [-0.39, 0.29) is 12.3 Å². The number of carbonyl (C=O) groups is 1. The first-order valence-electron chi connectivity index (χ1n) is 5.33. The van der Waals surface area contributed by atoms with Crippen LogP contribution in [0.4, 0.5) is 0 Å². The molecular formula is C13H14N2O2. The maximum absolute atomic E-state index is 10.9. The fraction of sp³-hybridized carbons (Fsp3) is 0.231. The fourth-order valence-corrected chi connectivity index (χ4v) is 1.89. The number of pyridine rings is 1. The number of methoxy groups -OCH3 is 1. The summed E-state index contributed by atoms with van der Waals surface area (Å²) in [5.41, 5.74) is 7.68. The van der Waals surface area contributed by atoms with Crippen LogP contribution in [-0.2, 0) is 11.2 Å². The third-order valence-electron chi connectivity index (χ3n) is 2.64. The number of ether oxygens (including phenoxy) is 1. The molecule has 88 valence electrons. The maximum Gasteiger partial charge on any atom is 0.223 e. The minimum atomic E-state index is -0.383. The Balaban J connectivity index is 2.65. The molecule has 0 aliphatic carbocycles. The van der Waals surface area contributed by atoms with Crippen molar-refractivity contribution in [2.45, 2.75) is 13.3 Å². The van der Waals surface area contributed by atoms with Crippen LogP contribution in [0.3, 0.4) is 0 Å². The van der Waals surface area contributed by atoms with Crippen LogP contribution in [0.5, 0.6) is 5.75 Å². The second-order valence-corrected chi connectivity index (χ2v) is 3.93. The number of fused-ring (bicyclic) bond motifs is 1. The van der Waals surface area contributed by atoms with Crippen molar-refractivity contribution in [1.82, 2.24) is 4.98 Å². The van der Waals surface area contributed by atoms with Crippen molar-refractivity contribution in [2.24, 2.45) is 5.73 Å². The average Bonchev–Trinajstić information content (AvgIpc) is 2.27. The van der Waals surface area contributed by atoms with Crippen molar-refractivity contribution < 1.29 is 9.53 Å². The summed E-state index contributed by atoms with van der Waals surface area (Å²) in [6.45, 7) is 1.98. The largest absolute Gasteiger partial charge is 0.494 e. The number of benzene rings is 1. The Labute approximate surface area is 99.4 Å². The Hall–Kier alpha value is -2.10. The average molecular weight is 230 g/mol. The van der Waals surface area contributed by atoms with E-state index in [1.54, 1.807) is 7.11 Å². The van der Waals surface area contributed by atoms with Crippen LogP contribution in [0.15, 0.2) is 24.3 Å². The first-order valence-corrected chi connectivity index (χ1v) is 5.33. The molecule has 0 radical (unpaired) electrons. The van der Waals surface area contributed by atoms with Gasteiger partial charge in [-0.25, -0.2) is 4.98 Å². The van der Waals surface area contributed by atoms with Gasteiger partial charge in [0.1, 0.15) is 11.3 Å². The molecule has 4 nitrogen and oxygen atoms in total. The van der Waals surface area contributed by atoms with E-state index in [9.17, 15) is 4.79 Å². The van der Waals surface area contributed by atoms with Gasteiger partial charge in [0.25, 0.3) is 0 Å². The van der Waals surface area contributed by atoms with Crippen molar-refractivity contribution in [3.05, 3.63) is 35.5 Å². The number of amides is 1. The molecule has 0 bridgehead atoms.